The standard InChI is InChI=1S/C21H24N2O3/c1-15(2)10-11-22-21(24)23-18-5-3-4-16(12-18)6-7-17-8-9-19-20(13-17)26-14-25-19/h3-9,12-13,15H,10-11,14H2,1-2H3,(H2,22,23,24)/b7-6+. The van der Waals surface area contributed by atoms with Gasteiger partial charge in [-0.3, -0.25) is 0 Å². The van der Waals surface area contributed by atoms with Crippen LogP contribution in [0.4, 0.5) is 10.5 Å². The molecule has 1 heterocycles. The van der Waals surface area contributed by atoms with E-state index in [1.165, 1.54) is 0 Å². The molecule has 5 nitrogen and oxygen atoms in total. The molecule has 0 fully saturated rings. The van der Waals surface area contributed by atoms with Crippen LogP contribution < -0.4 is 20.1 Å². The van der Waals surface area contributed by atoms with Gasteiger partial charge in [-0.2, -0.15) is 0 Å². The first-order valence-corrected chi connectivity index (χ1v) is 8.83. The summed E-state index contributed by atoms with van der Waals surface area (Å²) in [7, 11) is 0. The molecular formula is C21H24N2O3. The van der Waals surface area contributed by atoms with Crippen LogP contribution in [0.5, 0.6) is 11.5 Å². The lowest BCUT2D eigenvalue weighted by atomic mass is 10.1. The molecule has 0 unspecified atom stereocenters. The molecular weight excluding hydrogens is 328 g/mol. The van der Waals surface area contributed by atoms with E-state index >= 15 is 0 Å². The highest BCUT2D eigenvalue weighted by Gasteiger charge is 2.12. The summed E-state index contributed by atoms with van der Waals surface area (Å²) >= 11 is 0. The third kappa shape index (κ3) is 5.02. The van der Waals surface area contributed by atoms with Crippen molar-refractivity contribution in [3.05, 3.63) is 53.6 Å². The van der Waals surface area contributed by atoms with Gasteiger partial charge < -0.3 is 20.1 Å². The van der Waals surface area contributed by atoms with Crippen LogP contribution in [0.15, 0.2) is 42.5 Å². The van der Waals surface area contributed by atoms with E-state index in [1.807, 2.05) is 54.6 Å². The summed E-state index contributed by atoms with van der Waals surface area (Å²) in [6.45, 7) is 5.22. The summed E-state index contributed by atoms with van der Waals surface area (Å²) in [6.07, 6.45) is 4.97. The smallest absolute Gasteiger partial charge is 0.319 e. The summed E-state index contributed by atoms with van der Waals surface area (Å²) in [4.78, 5) is 11.9. The molecule has 0 spiro atoms. The van der Waals surface area contributed by atoms with Crippen LogP contribution in [0.1, 0.15) is 31.4 Å². The molecule has 1 aliphatic heterocycles. The highest BCUT2D eigenvalue weighted by molar-refractivity contribution is 5.89. The molecule has 2 amide bonds. The Balaban J connectivity index is 1.59. The lowest BCUT2D eigenvalue weighted by Crippen LogP contribution is -2.30. The Morgan fingerprint density at radius 1 is 1.08 bits per heavy atom. The molecule has 0 aromatic heterocycles. The minimum absolute atomic E-state index is 0.178. The molecule has 0 saturated carbocycles. The number of hydrogen-bond donors (Lipinski definition) is 2. The SMILES string of the molecule is CC(C)CCNC(=O)Nc1cccc(/C=C/c2ccc3c(c2)OCO3)c1. The zero-order chi connectivity index (χ0) is 18.4. The average Bonchev–Trinajstić information content (AvgIpc) is 3.07. The Morgan fingerprint density at radius 3 is 2.65 bits per heavy atom. The van der Waals surface area contributed by atoms with Gasteiger partial charge in [-0.1, -0.05) is 44.2 Å². The summed E-state index contributed by atoms with van der Waals surface area (Å²) in [5.74, 6) is 2.11. The number of rotatable bonds is 6. The maximum absolute atomic E-state index is 11.9. The van der Waals surface area contributed by atoms with Crippen molar-refractivity contribution in [2.75, 3.05) is 18.7 Å². The van der Waals surface area contributed by atoms with Crippen LogP contribution in [0.2, 0.25) is 0 Å². The summed E-state index contributed by atoms with van der Waals surface area (Å²) in [5.41, 5.74) is 2.79. The highest BCUT2D eigenvalue weighted by Crippen LogP contribution is 2.33. The number of amides is 2. The van der Waals surface area contributed by atoms with Crippen molar-refractivity contribution in [3.63, 3.8) is 0 Å². The number of urea groups is 1. The Bertz CT molecular complexity index is 800. The second kappa shape index (κ2) is 8.43. The number of benzene rings is 2. The lowest BCUT2D eigenvalue weighted by Gasteiger charge is -2.09. The summed E-state index contributed by atoms with van der Waals surface area (Å²) < 4.78 is 10.7. The third-order valence-electron chi connectivity index (χ3n) is 4.02. The quantitative estimate of drug-likeness (QED) is 0.737. The van der Waals surface area contributed by atoms with Gasteiger partial charge in [0.15, 0.2) is 11.5 Å². The fraction of sp³-hybridized carbons (Fsp3) is 0.286. The van der Waals surface area contributed by atoms with Crippen molar-refractivity contribution >= 4 is 23.9 Å². The normalized spacial score (nSPS) is 12.6. The van der Waals surface area contributed by atoms with Crippen LogP contribution in [0.25, 0.3) is 12.2 Å². The van der Waals surface area contributed by atoms with Crippen molar-refractivity contribution < 1.29 is 14.3 Å². The van der Waals surface area contributed by atoms with E-state index in [2.05, 4.69) is 24.5 Å². The second-order valence-electron chi connectivity index (χ2n) is 6.63. The van der Waals surface area contributed by atoms with Gasteiger partial charge in [-0.25, -0.2) is 4.79 Å². The number of carbonyl (C=O) groups excluding carboxylic acids is 1. The molecule has 0 atom stereocenters. The van der Waals surface area contributed by atoms with Gasteiger partial charge >= 0.3 is 6.03 Å². The van der Waals surface area contributed by atoms with E-state index in [1.54, 1.807) is 0 Å². The summed E-state index contributed by atoms with van der Waals surface area (Å²) in [5, 5.41) is 5.74. The number of carbonyl (C=O) groups is 1. The minimum atomic E-state index is -0.178. The van der Waals surface area contributed by atoms with Crippen LogP contribution in [0.3, 0.4) is 0 Å². The molecule has 26 heavy (non-hydrogen) atoms. The predicted molar refractivity (Wildman–Crippen MR) is 104 cm³/mol. The molecule has 136 valence electrons. The number of fused-ring (bicyclic) bond motifs is 1. The number of nitrogens with one attached hydrogen (secondary N) is 2. The van der Waals surface area contributed by atoms with Crippen LogP contribution in [-0.2, 0) is 0 Å². The fourth-order valence-electron chi connectivity index (χ4n) is 2.58. The van der Waals surface area contributed by atoms with E-state index in [9.17, 15) is 4.79 Å². The average molecular weight is 352 g/mol. The van der Waals surface area contributed by atoms with Gasteiger partial charge in [-0.05, 0) is 47.7 Å². The molecule has 5 heteroatoms. The van der Waals surface area contributed by atoms with Crippen LogP contribution >= 0.6 is 0 Å². The fourth-order valence-corrected chi connectivity index (χ4v) is 2.58. The van der Waals surface area contributed by atoms with E-state index in [0.717, 1.165) is 34.7 Å². The van der Waals surface area contributed by atoms with Crippen molar-refractivity contribution in [3.8, 4) is 11.5 Å². The molecule has 0 aliphatic carbocycles. The predicted octanol–water partition coefficient (Wildman–Crippen LogP) is 4.75. The van der Waals surface area contributed by atoms with Crippen molar-refractivity contribution in [2.24, 2.45) is 5.92 Å². The topological polar surface area (TPSA) is 59.6 Å². The molecule has 0 saturated heterocycles. The zero-order valence-corrected chi connectivity index (χ0v) is 15.1. The number of anilines is 1. The Kier molecular flexibility index (Phi) is 5.79. The van der Waals surface area contributed by atoms with Crippen molar-refractivity contribution in [1.29, 1.82) is 0 Å². The van der Waals surface area contributed by atoms with Gasteiger partial charge in [-0.15, -0.1) is 0 Å². The molecule has 1 aliphatic rings. The Hall–Kier alpha value is -2.95. The monoisotopic (exact) mass is 352 g/mol. The third-order valence-corrected chi connectivity index (χ3v) is 4.02. The number of hydrogen-bond acceptors (Lipinski definition) is 3. The van der Waals surface area contributed by atoms with E-state index in [4.69, 9.17) is 9.47 Å². The summed E-state index contributed by atoms with van der Waals surface area (Å²) in [6, 6.07) is 13.4. The molecule has 0 radical (unpaired) electrons. The van der Waals surface area contributed by atoms with E-state index < -0.39 is 0 Å². The maximum Gasteiger partial charge on any atom is 0.319 e. The zero-order valence-electron chi connectivity index (χ0n) is 15.1. The molecule has 2 N–H and O–H groups in total. The first-order valence-electron chi connectivity index (χ1n) is 8.83. The second-order valence-corrected chi connectivity index (χ2v) is 6.63. The van der Waals surface area contributed by atoms with Crippen LogP contribution in [0, 0.1) is 5.92 Å². The lowest BCUT2D eigenvalue weighted by molar-refractivity contribution is 0.174. The van der Waals surface area contributed by atoms with Gasteiger partial charge in [0.05, 0.1) is 0 Å². The van der Waals surface area contributed by atoms with Crippen molar-refractivity contribution in [1.82, 2.24) is 5.32 Å². The first-order chi connectivity index (χ1) is 12.6. The molecule has 2 aromatic carbocycles. The first kappa shape index (κ1) is 17.9. The van der Waals surface area contributed by atoms with E-state index in [-0.39, 0.29) is 12.8 Å². The van der Waals surface area contributed by atoms with Gasteiger partial charge in [0.1, 0.15) is 0 Å². The molecule has 0 bridgehead atoms. The largest absolute Gasteiger partial charge is 0.454 e. The molecule has 3 rings (SSSR count). The van der Waals surface area contributed by atoms with E-state index in [0.29, 0.717) is 12.5 Å². The van der Waals surface area contributed by atoms with Gasteiger partial charge in [0.2, 0.25) is 6.79 Å². The van der Waals surface area contributed by atoms with Gasteiger partial charge in [0.25, 0.3) is 0 Å². The highest BCUT2D eigenvalue weighted by atomic mass is 16.7. The number of ether oxygens (including phenoxy) is 2. The molecule has 2 aromatic rings. The van der Waals surface area contributed by atoms with Crippen LogP contribution in [-0.4, -0.2) is 19.4 Å². The van der Waals surface area contributed by atoms with Crippen molar-refractivity contribution in [2.45, 2.75) is 20.3 Å². The minimum Gasteiger partial charge on any atom is -0.454 e. The Labute approximate surface area is 154 Å². The Morgan fingerprint density at radius 2 is 1.85 bits per heavy atom. The van der Waals surface area contributed by atoms with Gasteiger partial charge in [0, 0.05) is 12.2 Å². The maximum atomic E-state index is 11.9.